The molecule has 0 aliphatic carbocycles. The molecule has 2 aromatic carbocycles. The van der Waals surface area contributed by atoms with E-state index < -0.39 is 5.60 Å². The predicted octanol–water partition coefficient (Wildman–Crippen LogP) is 5.70. The number of rotatable bonds is 7. The second kappa shape index (κ2) is 10.6. The Morgan fingerprint density at radius 2 is 2.03 bits per heavy atom. The fourth-order valence-corrected chi connectivity index (χ4v) is 5.74. The number of piperidine rings is 1. The van der Waals surface area contributed by atoms with Crippen molar-refractivity contribution >= 4 is 56.8 Å². The fraction of sp³-hybridized carbons (Fsp3) is 0.444. The topological polar surface area (TPSA) is 79.8 Å². The molecular weight excluding hydrogens is 588 g/mol. The second-order valence-electron chi connectivity index (χ2n) is 9.87. The van der Waals surface area contributed by atoms with Gasteiger partial charge in [0.2, 0.25) is 0 Å². The van der Waals surface area contributed by atoms with E-state index in [1.54, 1.807) is 30.2 Å². The average Bonchev–Trinajstić information content (AvgIpc) is 3.21. The van der Waals surface area contributed by atoms with Crippen LogP contribution in [0.1, 0.15) is 32.3 Å². The van der Waals surface area contributed by atoms with E-state index in [1.807, 2.05) is 12.1 Å². The highest BCUT2D eigenvalue weighted by atomic mass is 127. The van der Waals surface area contributed by atoms with Crippen molar-refractivity contribution < 1.29 is 18.7 Å². The molecule has 8 nitrogen and oxygen atoms in total. The van der Waals surface area contributed by atoms with Crippen LogP contribution >= 0.6 is 22.6 Å². The Labute approximate surface area is 229 Å². The van der Waals surface area contributed by atoms with Crippen LogP contribution in [0.3, 0.4) is 0 Å². The summed E-state index contributed by atoms with van der Waals surface area (Å²) in [5.41, 5.74) is 1.68. The summed E-state index contributed by atoms with van der Waals surface area (Å²) in [7, 11) is 1.57. The van der Waals surface area contributed by atoms with Gasteiger partial charge in [0.15, 0.2) is 0 Å². The van der Waals surface area contributed by atoms with Gasteiger partial charge in [0.05, 0.1) is 30.5 Å². The third kappa shape index (κ3) is 5.05. The number of hydrogen-bond acceptors (Lipinski definition) is 7. The number of carbonyl (C=O) groups excluding carboxylic acids is 1. The summed E-state index contributed by atoms with van der Waals surface area (Å²) < 4.78 is 27.6. The number of anilines is 3. The molecule has 3 aromatic rings. The largest absolute Gasteiger partial charge is 0.494 e. The van der Waals surface area contributed by atoms with Crippen molar-refractivity contribution in [1.29, 1.82) is 0 Å². The van der Waals surface area contributed by atoms with E-state index in [0.717, 1.165) is 30.4 Å². The number of methoxy groups -OCH3 is 1. The zero-order valence-corrected chi connectivity index (χ0v) is 23.4. The first kappa shape index (κ1) is 25.9. The van der Waals surface area contributed by atoms with Gasteiger partial charge in [-0.2, -0.15) is 0 Å². The molecule has 2 aliphatic heterocycles. The van der Waals surface area contributed by atoms with Crippen LogP contribution in [-0.4, -0.2) is 63.8 Å². The maximum Gasteiger partial charge on any atom is 0.415 e. The molecule has 1 N–H and O–H groups in total. The number of ether oxygens (including phenoxy) is 2. The monoisotopic (exact) mass is 619 g/mol. The van der Waals surface area contributed by atoms with E-state index in [4.69, 9.17) is 9.47 Å². The standard InChI is InChI=1S/C27H31FIN5O3/c1-17(2)33-11-8-27(9-12-33)15-34(26(35)37-27)22-13-19-21(14-23(22)36-3)30-16-31-25(19)32-20-6-4-5-18(7-10-29)24(20)28/h4-6,13-14,16-17H,7-12,15H2,1-3H3,(H,30,31,32). The van der Waals surface area contributed by atoms with Gasteiger partial charge in [-0.15, -0.1) is 0 Å². The molecule has 2 fully saturated rings. The highest BCUT2D eigenvalue weighted by Gasteiger charge is 2.48. The Bertz CT molecular complexity index is 1310. The number of amides is 1. The highest BCUT2D eigenvalue weighted by molar-refractivity contribution is 14.1. The smallest absolute Gasteiger partial charge is 0.415 e. The highest BCUT2D eigenvalue weighted by Crippen LogP contribution is 2.42. The Morgan fingerprint density at radius 3 is 2.73 bits per heavy atom. The Kier molecular flexibility index (Phi) is 7.39. The van der Waals surface area contributed by atoms with Crippen molar-refractivity contribution in [2.75, 3.05) is 41.4 Å². The molecule has 0 bridgehead atoms. The molecule has 3 heterocycles. The number of benzene rings is 2. The number of carbonyl (C=O) groups is 1. The Morgan fingerprint density at radius 1 is 1.24 bits per heavy atom. The van der Waals surface area contributed by atoms with E-state index in [0.29, 0.717) is 58.4 Å². The normalized spacial score (nSPS) is 17.6. The summed E-state index contributed by atoms with van der Waals surface area (Å²) in [6.45, 7) is 6.59. The number of nitrogens with one attached hydrogen (secondary N) is 1. The van der Waals surface area contributed by atoms with Crippen LogP contribution in [0.5, 0.6) is 5.75 Å². The number of aromatic nitrogens is 2. The van der Waals surface area contributed by atoms with Crippen molar-refractivity contribution in [2.24, 2.45) is 0 Å². The molecule has 1 amide bonds. The summed E-state index contributed by atoms with van der Waals surface area (Å²) in [4.78, 5) is 26.0. The van der Waals surface area contributed by atoms with Gasteiger partial charge in [-0.3, -0.25) is 4.90 Å². The van der Waals surface area contributed by atoms with E-state index in [9.17, 15) is 4.79 Å². The molecule has 0 saturated carbocycles. The lowest BCUT2D eigenvalue weighted by Crippen LogP contribution is -2.48. The SMILES string of the molecule is COc1cc2ncnc(Nc3cccc(CCI)c3F)c2cc1N1CC2(CCN(C(C)C)CC2)OC1=O. The van der Waals surface area contributed by atoms with Gasteiger partial charge < -0.3 is 19.7 Å². The average molecular weight is 619 g/mol. The van der Waals surface area contributed by atoms with Crippen LogP contribution in [0.25, 0.3) is 10.9 Å². The number of fused-ring (bicyclic) bond motifs is 1. The molecule has 10 heteroatoms. The third-order valence-electron chi connectivity index (χ3n) is 7.33. The van der Waals surface area contributed by atoms with Crippen molar-refractivity contribution in [3.05, 3.63) is 48.0 Å². The Balaban J connectivity index is 1.49. The summed E-state index contributed by atoms with van der Waals surface area (Å²) in [6.07, 6.45) is 3.25. The van der Waals surface area contributed by atoms with Crippen molar-refractivity contribution in [3.63, 3.8) is 0 Å². The van der Waals surface area contributed by atoms with Crippen molar-refractivity contribution in [3.8, 4) is 5.75 Å². The van der Waals surface area contributed by atoms with Crippen molar-refractivity contribution in [2.45, 2.75) is 44.8 Å². The molecular formula is C27H31FIN5O3. The first-order chi connectivity index (χ1) is 17.8. The summed E-state index contributed by atoms with van der Waals surface area (Å²) in [6, 6.07) is 9.38. The Hall–Kier alpha value is -2.73. The molecule has 5 rings (SSSR count). The molecule has 0 unspecified atom stereocenters. The van der Waals surface area contributed by atoms with Crippen LogP contribution in [0.15, 0.2) is 36.7 Å². The quantitative estimate of drug-likeness (QED) is 0.269. The van der Waals surface area contributed by atoms with E-state index >= 15 is 4.39 Å². The summed E-state index contributed by atoms with van der Waals surface area (Å²) in [5, 5.41) is 3.80. The first-order valence-corrected chi connectivity index (χ1v) is 14.0. The van der Waals surface area contributed by atoms with E-state index in [1.165, 1.54) is 6.33 Å². The van der Waals surface area contributed by atoms with Gasteiger partial charge in [0, 0.05) is 47.9 Å². The lowest BCUT2D eigenvalue weighted by atomic mass is 9.90. The number of alkyl halides is 1. The third-order valence-corrected chi connectivity index (χ3v) is 7.87. The van der Waals surface area contributed by atoms with Crippen molar-refractivity contribution in [1.82, 2.24) is 14.9 Å². The molecule has 1 aromatic heterocycles. The lowest BCUT2D eigenvalue weighted by Gasteiger charge is -2.39. The van der Waals surface area contributed by atoms with Gasteiger partial charge in [0.25, 0.3) is 0 Å². The number of halogens is 2. The second-order valence-corrected chi connectivity index (χ2v) is 11.0. The molecule has 2 saturated heterocycles. The van der Waals surface area contributed by atoms with Crippen LogP contribution in [0.4, 0.5) is 26.4 Å². The number of likely N-dealkylation sites (tertiary alicyclic amines) is 1. The number of aryl methyl sites for hydroxylation is 1. The molecule has 37 heavy (non-hydrogen) atoms. The van der Waals surface area contributed by atoms with Gasteiger partial charge in [-0.1, -0.05) is 34.7 Å². The molecule has 1 spiro atoms. The van der Waals surface area contributed by atoms with Gasteiger partial charge in [-0.25, -0.2) is 19.2 Å². The van der Waals surface area contributed by atoms with Crippen LogP contribution in [-0.2, 0) is 11.2 Å². The van der Waals surface area contributed by atoms with Crippen LogP contribution in [0, 0.1) is 5.82 Å². The first-order valence-electron chi connectivity index (χ1n) is 12.5. The fourth-order valence-electron chi connectivity index (χ4n) is 5.16. The van der Waals surface area contributed by atoms with E-state index in [-0.39, 0.29) is 11.9 Å². The molecule has 0 radical (unpaired) electrons. The van der Waals surface area contributed by atoms with Gasteiger partial charge in [-0.05, 0) is 38.0 Å². The molecule has 2 aliphatic rings. The summed E-state index contributed by atoms with van der Waals surface area (Å²) in [5.74, 6) is 0.672. The summed E-state index contributed by atoms with van der Waals surface area (Å²) >= 11 is 2.24. The van der Waals surface area contributed by atoms with Gasteiger partial charge in [0.1, 0.15) is 29.3 Å². The van der Waals surface area contributed by atoms with Crippen LogP contribution < -0.4 is 15.0 Å². The minimum Gasteiger partial charge on any atom is -0.494 e. The van der Waals surface area contributed by atoms with Crippen LogP contribution in [0.2, 0.25) is 0 Å². The number of hydrogen-bond donors (Lipinski definition) is 1. The number of nitrogens with zero attached hydrogens (tertiary/aromatic N) is 4. The van der Waals surface area contributed by atoms with Gasteiger partial charge >= 0.3 is 6.09 Å². The minimum absolute atomic E-state index is 0.294. The van der Waals surface area contributed by atoms with E-state index in [2.05, 4.69) is 56.6 Å². The predicted molar refractivity (Wildman–Crippen MR) is 151 cm³/mol. The molecule has 0 atom stereocenters. The maximum atomic E-state index is 15.1. The minimum atomic E-state index is -0.515. The zero-order chi connectivity index (χ0) is 26.2. The maximum absolute atomic E-state index is 15.1. The molecule has 196 valence electrons. The lowest BCUT2D eigenvalue weighted by molar-refractivity contribution is -0.00605. The zero-order valence-electron chi connectivity index (χ0n) is 21.3.